The van der Waals surface area contributed by atoms with Gasteiger partial charge in [-0.05, 0) is 25.5 Å². The zero-order valence-electron chi connectivity index (χ0n) is 11.6. The number of hydrogen-bond acceptors (Lipinski definition) is 6. The van der Waals surface area contributed by atoms with Crippen molar-refractivity contribution < 1.29 is 4.74 Å². The quantitative estimate of drug-likeness (QED) is 0.836. The Labute approximate surface area is 118 Å². The van der Waals surface area contributed by atoms with Crippen LogP contribution in [0, 0.1) is 0 Å². The van der Waals surface area contributed by atoms with Crippen LogP contribution < -0.4 is 15.4 Å². The number of rotatable bonds is 6. The van der Waals surface area contributed by atoms with Gasteiger partial charge < -0.3 is 15.4 Å². The van der Waals surface area contributed by atoms with Crippen molar-refractivity contribution in [3.63, 3.8) is 0 Å². The van der Waals surface area contributed by atoms with Gasteiger partial charge in [0.25, 0.3) is 0 Å². The molecule has 0 saturated carbocycles. The molecule has 106 valence electrons. The normalized spacial score (nSPS) is 18.9. The molecule has 6 heteroatoms. The highest BCUT2D eigenvalue weighted by Gasteiger charge is 2.16. The molecular formula is C13H22N4OS. The number of nitrogens with one attached hydrogen (secondary N) is 2. The van der Waals surface area contributed by atoms with Crippen molar-refractivity contribution in [3.05, 3.63) is 6.33 Å². The number of nitrogens with zero attached hydrogens (tertiary/aromatic N) is 2. The van der Waals surface area contributed by atoms with Gasteiger partial charge in [-0.2, -0.15) is 11.8 Å². The van der Waals surface area contributed by atoms with Gasteiger partial charge in [0.1, 0.15) is 6.33 Å². The third-order valence-electron chi connectivity index (χ3n) is 3.12. The highest BCUT2D eigenvalue weighted by molar-refractivity contribution is 7.99. The first-order valence-corrected chi connectivity index (χ1v) is 7.88. The maximum absolute atomic E-state index is 5.41. The van der Waals surface area contributed by atoms with Crippen LogP contribution >= 0.6 is 11.8 Å². The lowest BCUT2D eigenvalue weighted by Gasteiger charge is -2.22. The summed E-state index contributed by atoms with van der Waals surface area (Å²) in [5.74, 6) is 3.50. The first kappa shape index (κ1) is 14.2. The van der Waals surface area contributed by atoms with Crippen molar-refractivity contribution in [1.82, 2.24) is 9.97 Å². The largest absolute Gasteiger partial charge is 0.490 e. The third kappa shape index (κ3) is 3.89. The molecular weight excluding hydrogens is 260 g/mol. The van der Waals surface area contributed by atoms with Crippen molar-refractivity contribution in [1.29, 1.82) is 0 Å². The fraction of sp³-hybridized carbons (Fsp3) is 0.692. The molecule has 1 saturated heterocycles. The van der Waals surface area contributed by atoms with E-state index in [4.69, 9.17) is 4.74 Å². The summed E-state index contributed by atoms with van der Waals surface area (Å²) in [6.07, 6.45) is 5.54. The topological polar surface area (TPSA) is 59.1 Å². The number of thioether (sulfide) groups is 1. The minimum atomic E-state index is 0.677. The molecule has 0 aromatic carbocycles. The molecule has 1 aromatic heterocycles. The zero-order chi connectivity index (χ0) is 13.5. The number of aromatic nitrogens is 2. The Morgan fingerprint density at radius 2 is 2.11 bits per heavy atom. The van der Waals surface area contributed by atoms with Gasteiger partial charge in [-0.3, -0.25) is 0 Å². The van der Waals surface area contributed by atoms with Gasteiger partial charge in [-0.1, -0.05) is 6.42 Å². The molecule has 5 nitrogen and oxygen atoms in total. The second-order valence-electron chi connectivity index (χ2n) is 4.50. The standard InChI is InChI=1S/C13H22N4OS/c1-3-14-12-11(18-2)13(17-9-16-12)15-8-10-6-4-5-7-19-10/h9-10H,3-8H2,1-2H3,(H2,14,15,16,17). The van der Waals surface area contributed by atoms with Gasteiger partial charge >= 0.3 is 0 Å². The van der Waals surface area contributed by atoms with Crippen molar-refractivity contribution in [3.8, 4) is 5.75 Å². The Balaban J connectivity index is 2.00. The Morgan fingerprint density at radius 3 is 2.74 bits per heavy atom. The van der Waals surface area contributed by atoms with Gasteiger partial charge in [0.15, 0.2) is 11.6 Å². The van der Waals surface area contributed by atoms with E-state index in [0.717, 1.165) is 24.7 Å². The summed E-state index contributed by atoms with van der Waals surface area (Å²) in [4.78, 5) is 8.48. The van der Waals surface area contributed by atoms with E-state index in [2.05, 4.69) is 20.6 Å². The lowest BCUT2D eigenvalue weighted by molar-refractivity contribution is 0.414. The molecule has 0 spiro atoms. The van der Waals surface area contributed by atoms with Gasteiger partial charge in [0, 0.05) is 18.3 Å². The maximum Gasteiger partial charge on any atom is 0.204 e. The summed E-state index contributed by atoms with van der Waals surface area (Å²) in [5.41, 5.74) is 0. The predicted molar refractivity (Wildman–Crippen MR) is 81.3 cm³/mol. The maximum atomic E-state index is 5.41. The molecule has 0 aliphatic carbocycles. The molecule has 2 rings (SSSR count). The van der Waals surface area contributed by atoms with Crippen LogP contribution in [0.25, 0.3) is 0 Å². The highest BCUT2D eigenvalue weighted by atomic mass is 32.2. The summed E-state index contributed by atoms with van der Waals surface area (Å²) >= 11 is 2.05. The summed E-state index contributed by atoms with van der Waals surface area (Å²) in [5, 5.41) is 7.26. The second-order valence-corrected chi connectivity index (χ2v) is 5.91. The zero-order valence-corrected chi connectivity index (χ0v) is 12.4. The Bertz CT molecular complexity index is 396. The number of methoxy groups -OCH3 is 1. The third-order valence-corrected chi connectivity index (χ3v) is 4.52. The molecule has 19 heavy (non-hydrogen) atoms. The predicted octanol–water partition coefficient (Wildman–Crippen LogP) is 2.61. The van der Waals surface area contributed by atoms with E-state index in [1.807, 2.05) is 18.7 Å². The van der Waals surface area contributed by atoms with E-state index in [0.29, 0.717) is 11.0 Å². The lowest BCUT2D eigenvalue weighted by atomic mass is 10.2. The molecule has 1 aliphatic heterocycles. The number of anilines is 2. The van der Waals surface area contributed by atoms with E-state index in [1.165, 1.54) is 25.0 Å². The average molecular weight is 282 g/mol. The Morgan fingerprint density at radius 1 is 1.32 bits per heavy atom. The summed E-state index contributed by atoms with van der Waals surface area (Å²) in [7, 11) is 1.65. The fourth-order valence-corrected chi connectivity index (χ4v) is 3.40. The van der Waals surface area contributed by atoms with Gasteiger partial charge in [-0.15, -0.1) is 0 Å². The SMILES string of the molecule is CCNc1ncnc(NCC2CCCCS2)c1OC. The molecule has 1 aliphatic rings. The van der Waals surface area contributed by atoms with Crippen LogP contribution in [0.15, 0.2) is 6.33 Å². The van der Waals surface area contributed by atoms with E-state index >= 15 is 0 Å². The van der Waals surface area contributed by atoms with Crippen molar-refractivity contribution >= 4 is 23.4 Å². The summed E-state index contributed by atoms with van der Waals surface area (Å²) in [6, 6.07) is 0. The molecule has 0 amide bonds. The molecule has 0 bridgehead atoms. The van der Waals surface area contributed by atoms with Crippen LogP contribution in [-0.2, 0) is 0 Å². The summed E-state index contributed by atoms with van der Waals surface area (Å²) < 4.78 is 5.41. The van der Waals surface area contributed by atoms with Crippen molar-refractivity contribution in [2.24, 2.45) is 0 Å². The Kier molecular flexibility index (Phi) is 5.57. The van der Waals surface area contributed by atoms with Crippen LogP contribution in [-0.4, -0.2) is 41.2 Å². The van der Waals surface area contributed by atoms with Gasteiger partial charge in [0.05, 0.1) is 7.11 Å². The average Bonchev–Trinajstić information content (AvgIpc) is 2.46. The minimum Gasteiger partial charge on any atom is -0.490 e. The van der Waals surface area contributed by atoms with Crippen LogP contribution in [0.2, 0.25) is 0 Å². The van der Waals surface area contributed by atoms with Crippen LogP contribution in [0.3, 0.4) is 0 Å². The van der Waals surface area contributed by atoms with Crippen LogP contribution in [0.5, 0.6) is 5.75 Å². The van der Waals surface area contributed by atoms with Crippen LogP contribution in [0.1, 0.15) is 26.2 Å². The van der Waals surface area contributed by atoms with Crippen molar-refractivity contribution in [2.45, 2.75) is 31.4 Å². The van der Waals surface area contributed by atoms with Gasteiger partial charge in [0.2, 0.25) is 5.75 Å². The highest BCUT2D eigenvalue weighted by Crippen LogP contribution is 2.30. The fourth-order valence-electron chi connectivity index (χ4n) is 2.17. The molecule has 2 heterocycles. The van der Waals surface area contributed by atoms with Crippen LogP contribution in [0.4, 0.5) is 11.6 Å². The monoisotopic (exact) mass is 282 g/mol. The lowest BCUT2D eigenvalue weighted by Crippen LogP contribution is -2.21. The minimum absolute atomic E-state index is 0.677. The van der Waals surface area contributed by atoms with E-state index in [9.17, 15) is 0 Å². The molecule has 1 aromatic rings. The summed E-state index contributed by atoms with van der Waals surface area (Å²) in [6.45, 7) is 3.78. The smallest absolute Gasteiger partial charge is 0.204 e. The molecule has 2 N–H and O–H groups in total. The van der Waals surface area contributed by atoms with E-state index in [-0.39, 0.29) is 0 Å². The van der Waals surface area contributed by atoms with Gasteiger partial charge in [-0.25, -0.2) is 9.97 Å². The number of hydrogen-bond donors (Lipinski definition) is 2. The molecule has 1 unspecified atom stereocenters. The first-order valence-electron chi connectivity index (χ1n) is 6.83. The van der Waals surface area contributed by atoms with E-state index in [1.54, 1.807) is 13.4 Å². The van der Waals surface area contributed by atoms with E-state index < -0.39 is 0 Å². The molecule has 1 atom stereocenters. The second kappa shape index (κ2) is 7.43. The number of ether oxygens (including phenoxy) is 1. The molecule has 1 fully saturated rings. The molecule has 0 radical (unpaired) electrons. The van der Waals surface area contributed by atoms with Crippen molar-refractivity contribution in [2.75, 3.05) is 36.6 Å². The Hall–Kier alpha value is -1.17. The first-order chi connectivity index (χ1) is 9.35.